The van der Waals surface area contributed by atoms with Gasteiger partial charge in [0, 0.05) is 6.07 Å². The molecule has 4 nitrogen and oxygen atoms in total. The molecule has 0 atom stereocenters. The number of benzene rings is 2. The molecule has 0 aliphatic carbocycles. The summed E-state index contributed by atoms with van der Waals surface area (Å²) in [6.45, 7) is 0. The van der Waals surface area contributed by atoms with Gasteiger partial charge in [0.05, 0.1) is 12.7 Å². The highest BCUT2D eigenvalue weighted by Gasteiger charge is 2.31. The molecule has 1 N–H and O–H groups in total. The van der Waals surface area contributed by atoms with Gasteiger partial charge in [-0.05, 0) is 35.4 Å². The summed E-state index contributed by atoms with van der Waals surface area (Å²) in [6, 6.07) is 6.27. The van der Waals surface area contributed by atoms with Crippen LogP contribution in [-0.4, -0.2) is 24.5 Å². The van der Waals surface area contributed by atoms with E-state index in [9.17, 15) is 27.5 Å². The second-order valence-electron chi connectivity index (χ2n) is 4.45. The number of phenols is 1. The molecule has 0 fully saturated rings. The van der Waals surface area contributed by atoms with Crippen LogP contribution in [0.25, 0.3) is 11.1 Å². The van der Waals surface area contributed by atoms with Crippen LogP contribution >= 0.6 is 0 Å². The van der Waals surface area contributed by atoms with E-state index in [-0.39, 0.29) is 16.7 Å². The molecule has 0 heterocycles. The lowest BCUT2D eigenvalue weighted by Gasteiger charge is -2.11. The van der Waals surface area contributed by atoms with Crippen molar-refractivity contribution >= 4 is 5.97 Å². The summed E-state index contributed by atoms with van der Waals surface area (Å²) in [6.07, 6.45) is -4.93. The van der Waals surface area contributed by atoms with Gasteiger partial charge in [0.15, 0.2) is 0 Å². The van der Waals surface area contributed by atoms with Crippen LogP contribution in [0.4, 0.5) is 17.6 Å². The Bertz CT molecular complexity index is 741. The summed E-state index contributed by atoms with van der Waals surface area (Å²) in [4.78, 5) is 11.3. The number of esters is 1. The van der Waals surface area contributed by atoms with Crippen molar-refractivity contribution in [3.8, 4) is 22.6 Å². The maximum Gasteiger partial charge on any atom is 0.573 e. The Kier molecular flexibility index (Phi) is 4.44. The van der Waals surface area contributed by atoms with Crippen LogP contribution in [0.2, 0.25) is 0 Å². The summed E-state index contributed by atoms with van der Waals surface area (Å²) in [7, 11) is 1.09. The number of rotatable bonds is 3. The molecule has 2 aromatic rings. The van der Waals surface area contributed by atoms with Crippen molar-refractivity contribution in [1.82, 2.24) is 0 Å². The summed E-state index contributed by atoms with van der Waals surface area (Å²) in [5.41, 5.74) is -0.0826. The van der Waals surface area contributed by atoms with Crippen molar-refractivity contribution in [3.05, 3.63) is 47.8 Å². The molecule has 0 saturated carbocycles. The van der Waals surface area contributed by atoms with E-state index in [1.165, 1.54) is 6.07 Å². The SMILES string of the molecule is COC(=O)c1ccc(-c2cc(O)cc(OC(F)(F)F)c2)cc1F. The molecule has 0 spiro atoms. The van der Waals surface area contributed by atoms with E-state index in [1.54, 1.807) is 0 Å². The third-order valence-corrected chi connectivity index (χ3v) is 2.83. The van der Waals surface area contributed by atoms with Gasteiger partial charge in [0.2, 0.25) is 0 Å². The van der Waals surface area contributed by atoms with Crippen LogP contribution in [0.5, 0.6) is 11.5 Å². The number of halogens is 4. The minimum atomic E-state index is -4.93. The first kappa shape index (κ1) is 16.6. The Morgan fingerprint density at radius 1 is 1.09 bits per heavy atom. The van der Waals surface area contributed by atoms with Crippen molar-refractivity contribution in [2.75, 3.05) is 7.11 Å². The van der Waals surface area contributed by atoms with Crippen LogP contribution in [0.3, 0.4) is 0 Å². The van der Waals surface area contributed by atoms with Gasteiger partial charge >= 0.3 is 12.3 Å². The van der Waals surface area contributed by atoms with Crippen LogP contribution in [-0.2, 0) is 4.74 Å². The zero-order chi connectivity index (χ0) is 17.2. The van der Waals surface area contributed by atoms with Crippen LogP contribution in [0.15, 0.2) is 36.4 Å². The molecule has 0 aromatic heterocycles. The summed E-state index contributed by atoms with van der Waals surface area (Å²) in [5, 5.41) is 9.49. The average Bonchev–Trinajstić information content (AvgIpc) is 2.43. The molecule has 0 radical (unpaired) electrons. The van der Waals surface area contributed by atoms with Crippen molar-refractivity contribution in [1.29, 1.82) is 0 Å². The van der Waals surface area contributed by atoms with E-state index < -0.39 is 29.6 Å². The van der Waals surface area contributed by atoms with Crippen LogP contribution < -0.4 is 4.74 Å². The number of carbonyl (C=O) groups is 1. The highest BCUT2D eigenvalue weighted by atomic mass is 19.4. The molecular formula is C15H10F4O4. The molecule has 0 bridgehead atoms. The molecular weight excluding hydrogens is 320 g/mol. The summed E-state index contributed by atoms with van der Waals surface area (Å²) in [5.74, 6) is -2.92. The zero-order valence-corrected chi connectivity index (χ0v) is 11.6. The molecule has 0 unspecified atom stereocenters. The monoisotopic (exact) mass is 330 g/mol. The highest BCUT2D eigenvalue weighted by Crippen LogP contribution is 2.32. The number of phenolic OH excluding ortho intramolecular Hbond substituents is 1. The first-order valence-electron chi connectivity index (χ1n) is 6.17. The third kappa shape index (κ3) is 4.12. The minimum Gasteiger partial charge on any atom is -0.508 e. The number of hydrogen-bond donors (Lipinski definition) is 1. The van der Waals surface area contributed by atoms with Gasteiger partial charge < -0.3 is 14.6 Å². The number of aromatic hydroxyl groups is 1. The first-order chi connectivity index (χ1) is 10.7. The Morgan fingerprint density at radius 2 is 1.78 bits per heavy atom. The first-order valence-corrected chi connectivity index (χ1v) is 6.17. The van der Waals surface area contributed by atoms with E-state index in [4.69, 9.17) is 0 Å². The molecule has 0 aliphatic rings. The van der Waals surface area contributed by atoms with E-state index in [0.717, 1.165) is 37.4 Å². The van der Waals surface area contributed by atoms with Crippen LogP contribution in [0.1, 0.15) is 10.4 Å². The molecule has 0 amide bonds. The standard InChI is InChI=1S/C15H10F4O4/c1-22-14(21)12-3-2-8(6-13(12)16)9-4-10(20)7-11(5-9)23-15(17,18)19/h2-7,20H,1H3. The van der Waals surface area contributed by atoms with Gasteiger partial charge in [-0.15, -0.1) is 13.2 Å². The molecule has 0 aliphatic heterocycles. The Hall–Kier alpha value is -2.77. The maximum absolute atomic E-state index is 13.9. The second-order valence-corrected chi connectivity index (χ2v) is 4.45. The smallest absolute Gasteiger partial charge is 0.508 e. The highest BCUT2D eigenvalue weighted by molar-refractivity contribution is 5.90. The van der Waals surface area contributed by atoms with E-state index in [1.807, 2.05) is 0 Å². The topological polar surface area (TPSA) is 55.8 Å². The van der Waals surface area contributed by atoms with Gasteiger partial charge in [-0.2, -0.15) is 0 Å². The van der Waals surface area contributed by atoms with Crippen molar-refractivity contribution in [3.63, 3.8) is 0 Å². The predicted octanol–water partition coefficient (Wildman–Crippen LogP) is 3.88. The van der Waals surface area contributed by atoms with Crippen molar-refractivity contribution < 1.29 is 36.9 Å². The molecule has 8 heteroatoms. The summed E-state index contributed by atoms with van der Waals surface area (Å²) >= 11 is 0. The van der Waals surface area contributed by atoms with Gasteiger partial charge in [0.1, 0.15) is 17.3 Å². The maximum atomic E-state index is 13.9. The Balaban J connectivity index is 2.42. The Labute approximate surface area is 127 Å². The Morgan fingerprint density at radius 3 is 2.35 bits per heavy atom. The molecule has 23 heavy (non-hydrogen) atoms. The van der Waals surface area contributed by atoms with E-state index >= 15 is 0 Å². The molecule has 2 rings (SSSR count). The van der Waals surface area contributed by atoms with E-state index in [0.29, 0.717) is 0 Å². The fourth-order valence-corrected chi connectivity index (χ4v) is 1.91. The molecule has 122 valence electrons. The number of hydrogen-bond acceptors (Lipinski definition) is 4. The lowest BCUT2D eigenvalue weighted by molar-refractivity contribution is -0.274. The fraction of sp³-hybridized carbons (Fsp3) is 0.133. The zero-order valence-electron chi connectivity index (χ0n) is 11.6. The largest absolute Gasteiger partial charge is 0.573 e. The lowest BCUT2D eigenvalue weighted by atomic mass is 10.0. The minimum absolute atomic E-state index is 0.0829. The van der Waals surface area contributed by atoms with Gasteiger partial charge in [-0.3, -0.25) is 0 Å². The third-order valence-electron chi connectivity index (χ3n) is 2.83. The average molecular weight is 330 g/mol. The van der Waals surface area contributed by atoms with Crippen molar-refractivity contribution in [2.24, 2.45) is 0 Å². The van der Waals surface area contributed by atoms with Gasteiger partial charge in [-0.1, -0.05) is 6.07 Å². The van der Waals surface area contributed by atoms with Crippen LogP contribution in [0, 0.1) is 5.82 Å². The summed E-state index contributed by atoms with van der Waals surface area (Å²) < 4.78 is 58.7. The van der Waals surface area contributed by atoms with Crippen molar-refractivity contribution in [2.45, 2.75) is 6.36 Å². The lowest BCUT2D eigenvalue weighted by Crippen LogP contribution is -2.17. The number of methoxy groups -OCH3 is 1. The quantitative estimate of drug-likeness (QED) is 0.685. The fourth-order valence-electron chi connectivity index (χ4n) is 1.91. The number of alkyl halides is 3. The van der Waals surface area contributed by atoms with Gasteiger partial charge in [0.25, 0.3) is 0 Å². The van der Waals surface area contributed by atoms with Gasteiger partial charge in [-0.25, -0.2) is 9.18 Å². The molecule has 2 aromatic carbocycles. The normalized spacial score (nSPS) is 11.2. The second kappa shape index (κ2) is 6.15. The molecule has 0 saturated heterocycles. The number of ether oxygens (including phenoxy) is 2. The number of carbonyl (C=O) groups excluding carboxylic acids is 1. The predicted molar refractivity (Wildman–Crippen MR) is 71.5 cm³/mol. The van der Waals surface area contributed by atoms with E-state index in [2.05, 4.69) is 9.47 Å².